The fraction of sp³-hybridized carbons (Fsp3) is 0.133. The number of aldehydes is 1. The third-order valence-corrected chi connectivity index (χ3v) is 2.94. The minimum Gasteiger partial charge on any atom is -0.397 e. The topological polar surface area (TPSA) is 67.1 Å². The molecule has 0 aromatic heterocycles. The molecule has 0 saturated carbocycles. The molecule has 0 bridgehead atoms. The van der Waals surface area contributed by atoms with Gasteiger partial charge in [0, 0.05) is 24.8 Å². The minimum atomic E-state index is 0.580. The second-order valence-electron chi connectivity index (χ2n) is 4.27. The average molecular weight is 255 g/mol. The Morgan fingerprint density at radius 2 is 1.89 bits per heavy atom. The zero-order valence-corrected chi connectivity index (χ0v) is 10.8. The normalized spacial score (nSPS) is 9.95. The van der Waals surface area contributed by atoms with Crippen LogP contribution in [-0.4, -0.2) is 13.3 Å². The van der Waals surface area contributed by atoms with Crippen LogP contribution >= 0.6 is 0 Å². The summed E-state index contributed by atoms with van der Waals surface area (Å²) in [7, 11) is 1.89. The predicted molar refractivity (Wildman–Crippen MR) is 79.6 cm³/mol. The van der Waals surface area contributed by atoms with Crippen LogP contribution in [0.3, 0.4) is 0 Å². The monoisotopic (exact) mass is 255 g/mol. The van der Waals surface area contributed by atoms with Crippen molar-refractivity contribution >= 4 is 23.3 Å². The predicted octanol–water partition coefficient (Wildman–Crippen LogP) is 2.74. The van der Waals surface area contributed by atoms with Gasteiger partial charge in [0.15, 0.2) is 0 Å². The van der Waals surface area contributed by atoms with E-state index < -0.39 is 0 Å². The van der Waals surface area contributed by atoms with Crippen LogP contribution in [-0.2, 0) is 6.54 Å². The number of carbonyl (C=O) groups is 1. The highest BCUT2D eigenvalue weighted by Gasteiger charge is 2.00. The van der Waals surface area contributed by atoms with E-state index in [1.165, 1.54) is 0 Å². The maximum atomic E-state index is 10.6. The van der Waals surface area contributed by atoms with Crippen LogP contribution in [0.5, 0.6) is 0 Å². The van der Waals surface area contributed by atoms with Gasteiger partial charge >= 0.3 is 0 Å². The third-order valence-electron chi connectivity index (χ3n) is 2.94. The molecule has 0 saturated heterocycles. The van der Waals surface area contributed by atoms with Crippen molar-refractivity contribution in [3.05, 3.63) is 53.6 Å². The highest BCUT2D eigenvalue weighted by atomic mass is 16.1. The van der Waals surface area contributed by atoms with E-state index in [4.69, 9.17) is 5.73 Å². The summed E-state index contributed by atoms with van der Waals surface area (Å²) >= 11 is 0. The lowest BCUT2D eigenvalue weighted by atomic mass is 10.1. The van der Waals surface area contributed by atoms with E-state index in [9.17, 15) is 4.79 Å². The SMILES string of the molecule is CNc1ccc(CNc2ccc(C=O)cc2N)cc1. The summed E-state index contributed by atoms with van der Waals surface area (Å²) in [5.74, 6) is 0. The fourth-order valence-corrected chi connectivity index (χ4v) is 1.80. The van der Waals surface area contributed by atoms with Crippen molar-refractivity contribution in [3.8, 4) is 0 Å². The highest BCUT2D eigenvalue weighted by molar-refractivity contribution is 5.80. The molecule has 0 fully saturated rings. The number of carbonyl (C=O) groups excluding carboxylic acids is 1. The molecule has 0 heterocycles. The first-order chi connectivity index (χ1) is 9.22. The molecule has 2 aromatic rings. The van der Waals surface area contributed by atoms with Crippen molar-refractivity contribution in [3.63, 3.8) is 0 Å². The van der Waals surface area contributed by atoms with Crippen LogP contribution in [0.25, 0.3) is 0 Å². The molecule has 0 aliphatic rings. The van der Waals surface area contributed by atoms with E-state index in [0.717, 1.165) is 23.2 Å². The van der Waals surface area contributed by atoms with Crippen molar-refractivity contribution in [2.24, 2.45) is 0 Å². The van der Waals surface area contributed by atoms with Crippen LogP contribution in [0.15, 0.2) is 42.5 Å². The minimum absolute atomic E-state index is 0.580. The summed E-state index contributed by atoms with van der Waals surface area (Å²) in [5.41, 5.74) is 10.1. The number of nitrogen functional groups attached to an aromatic ring is 1. The quantitative estimate of drug-likeness (QED) is 0.567. The van der Waals surface area contributed by atoms with Gasteiger partial charge < -0.3 is 16.4 Å². The Labute approximate surface area is 112 Å². The molecule has 0 aliphatic heterocycles. The van der Waals surface area contributed by atoms with Crippen LogP contribution in [0, 0.1) is 0 Å². The number of nitrogens with two attached hydrogens (primary N) is 1. The smallest absolute Gasteiger partial charge is 0.150 e. The maximum Gasteiger partial charge on any atom is 0.150 e. The molecule has 4 nitrogen and oxygen atoms in total. The molecule has 4 N–H and O–H groups in total. The Hall–Kier alpha value is -2.49. The summed E-state index contributed by atoms with van der Waals surface area (Å²) in [6, 6.07) is 13.4. The fourth-order valence-electron chi connectivity index (χ4n) is 1.80. The van der Waals surface area contributed by atoms with Crippen molar-refractivity contribution in [1.82, 2.24) is 0 Å². The summed E-state index contributed by atoms with van der Waals surface area (Å²) in [6.07, 6.45) is 0.788. The van der Waals surface area contributed by atoms with E-state index in [-0.39, 0.29) is 0 Å². The Balaban J connectivity index is 2.03. The molecule has 0 radical (unpaired) electrons. The zero-order chi connectivity index (χ0) is 13.7. The van der Waals surface area contributed by atoms with Crippen molar-refractivity contribution < 1.29 is 4.79 Å². The Bertz CT molecular complexity index is 564. The average Bonchev–Trinajstić information content (AvgIpc) is 2.46. The number of anilines is 3. The second kappa shape index (κ2) is 5.91. The molecule has 2 rings (SSSR count). The molecule has 0 unspecified atom stereocenters. The molecule has 2 aromatic carbocycles. The lowest BCUT2D eigenvalue weighted by Gasteiger charge is -2.10. The lowest BCUT2D eigenvalue weighted by Crippen LogP contribution is -2.03. The van der Waals surface area contributed by atoms with E-state index in [0.29, 0.717) is 17.8 Å². The molecule has 0 atom stereocenters. The maximum absolute atomic E-state index is 10.6. The van der Waals surface area contributed by atoms with Gasteiger partial charge in [-0.15, -0.1) is 0 Å². The van der Waals surface area contributed by atoms with Crippen molar-refractivity contribution in [1.29, 1.82) is 0 Å². The van der Waals surface area contributed by atoms with Gasteiger partial charge in [0.05, 0.1) is 11.4 Å². The third kappa shape index (κ3) is 3.25. The van der Waals surface area contributed by atoms with Gasteiger partial charge in [-0.2, -0.15) is 0 Å². The Kier molecular flexibility index (Phi) is 4.03. The first kappa shape index (κ1) is 13.0. The number of benzene rings is 2. The van der Waals surface area contributed by atoms with Gasteiger partial charge in [-0.1, -0.05) is 12.1 Å². The van der Waals surface area contributed by atoms with Crippen molar-refractivity contribution in [2.75, 3.05) is 23.4 Å². The number of hydrogen-bond acceptors (Lipinski definition) is 4. The van der Waals surface area contributed by atoms with Crippen LogP contribution < -0.4 is 16.4 Å². The van der Waals surface area contributed by atoms with Gasteiger partial charge in [0.2, 0.25) is 0 Å². The molecule has 98 valence electrons. The van der Waals surface area contributed by atoms with Gasteiger partial charge in [-0.05, 0) is 35.9 Å². The Morgan fingerprint density at radius 3 is 2.47 bits per heavy atom. The summed E-state index contributed by atoms with van der Waals surface area (Å²) in [6.45, 7) is 0.689. The summed E-state index contributed by atoms with van der Waals surface area (Å²) in [4.78, 5) is 10.6. The standard InChI is InChI=1S/C15H17N3O/c1-17-13-5-2-11(3-6-13)9-18-15-7-4-12(10-19)8-14(15)16/h2-8,10,17-18H,9,16H2,1H3. The molecule has 4 heteroatoms. The van der Waals surface area contributed by atoms with Crippen molar-refractivity contribution in [2.45, 2.75) is 6.54 Å². The number of rotatable bonds is 5. The van der Waals surface area contributed by atoms with Gasteiger partial charge in [0.25, 0.3) is 0 Å². The molecule has 0 amide bonds. The summed E-state index contributed by atoms with van der Waals surface area (Å²) in [5, 5.41) is 6.33. The van der Waals surface area contributed by atoms with E-state index >= 15 is 0 Å². The lowest BCUT2D eigenvalue weighted by molar-refractivity contribution is 0.112. The van der Waals surface area contributed by atoms with Crippen LogP contribution in [0.2, 0.25) is 0 Å². The van der Waals surface area contributed by atoms with E-state index in [1.807, 2.05) is 25.2 Å². The van der Waals surface area contributed by atoms with Gasteiger partial charge in [0.1, 0.15) is 6.29 Å². The Morgan fingerprint density at radius 1 is 1.16 bits per heavy atom. The zero-order valence-electron chi connectivity index (χ0n) is 10.8. The molecule has 0 aliphatic carbocycles. The summed E-state index contributed by atoms with van der Waals surface area (Å²) < 4.78 is 0. The largest absolute Gasteiger partial charge is 0.397 e. The van der Waals surface area contributed by atoms with Crippen LogP contribution in [0.1, 0.15) is 15.9 Å². The highest BCUT2D eigenvalue weighted by Crippen LogP contribution is 2.20. The first-order valence-corrected chi connectivity index (χ1v) is 6.08. The van der Waals surface area contributed by atoms with Crippen LogP contribution in [0.4, 0.5) is 17.1 Å². The molecular formula is C15H17N3O. The van der Waals surface area contributed by atoms with Gasteiger partial charge in [-0.3, -0.25) is 4.79 Å². The molecular weight excluding hydrogens is 238 g/mol. The molecule has 19 heavy (non-hydrogen) atoms. The van der Waals surface area contributed by atoms with Gasteiger partial charge in [-0.25, -0.2) is 0 Å². The second-order valence-corrected chi connectivity index (χ2v) is 4.27. The molecule has 0 spiro atoms. The number of hydrogen-bond donors (Lipinski definition) is 3. The number of nitrogens with one attached hydrogen (secondary N) is 2. The first-order valence-electron chi connectivity index (χ1n) is 6.08. The van der Waals surface area contributed by atoms with E-state index in [1.54, 1.807) is 12.1 Å². The van der Waals surface area contributed by atoms with E-state index in [2.05, 4.69) is 22.8 Å².